The fourth-order valence-corrected chi connectivity index (χ4v) is 13.0. The Morgan fingerprint density at radius 2 is 0.937 bits per heavy atom. The summed E-state index contributed by atoms with van der Waals surface area (Å²) in [5, 5.41) is 4.40. The van der Waals surface area contributed by atoms with Crippen LogP contribution in [0.3, 0.4) is 0 Å². The summed E-state index contributed by atoms with van der Waals surface area (Å²) in [6.07, 6.45) is 6.46. The van der Waals surface area contributed by atoms with Crippen LogP contribution in [-0.2, 0) is 5.41 Å². The second kappa shape index (κ2) is 18.8. The Morgan fingerprint density at radius 1 is 0.456 bits per heavy atom. The van der Waals surface area contributed by atoms with Crippen molar-refractivity contribution >= 4 is 61.1 Å². The molecule has 3 heteroatoms. The number of anilines is 5. The van der Waals surface area contributed by atoms with Crippen LogP contribution < -0.4 is 9.80 Å². The lowest BCUT2D eigenvalue weighted by atomic mass is 9.70. The molecule has 1 heterocycles. The molecule has 0 aliphatic heterocycles. The number of hydrogen-bond acceptors (Lipinski definition) is 3. The van der Waals surface area contributed by atoms with Crippen molar-refractivity contribution in [2.75, 3.05) is 9.80 Å². The van der Waals surface area contributed by atoms with E-state index in [-0.39, 0.29) is 0 Å². The first-order valence-corrected chi connectivity index (χ1v) is 27.5. The molecule has 2 aliphatic rings. The second-order valence-electron chi connectivity index (χ2n) is 21.4. The minimum atomic E-state index is -0.773. The number of allylic oxidation sites excluding steroid dienone is 4. The second-order valence-corrected chi connectivity index (χ2v) is 21.4. The van der Waals surface area contributed by atoms with Gasteiger partial charge in [0.25, 0.3) is 0 Å². The molecular formula is C76H58N2O. The molecule has 0 saturated heterocycles. The molecule has 0 atom stereocenters. The van der Waals surface area contributed by atoms with Crippen LogP contribution in [0, 0.1) is 20.8 Å². The van der Waals surface area contributed by atoms with Crippen molar-refractivity contribution in [3.8, 4) is 44.5 Å². The monoisotopic (exact) mass is 1010 g/mol. The van der Waals surface area contributed by atoms with Gasteiger partial charge in [0.05, 0.1) is 22.2 Å². The topological polar surface area (TPSA) is 19.6 Å². The van der Waals surface area contributed by atoms with E-state index in [2.05, 4.69) is 293 Å². The van der Waals surface area contributed by atoms with Gasteiger partial charge in [-0.2, -0.15) is 0 Å². The van der Waals surface area contributed by atoms with Crippen molar-refractivity contribution in [2.45, 2.75) is 40.0 Å². The smallest absolute Gasteiger partial charge is 0.145 e. The third-order valence-electron chi connectivity index (χ3n) is 16.9. The lowest BCUT2D eigenvalue weighted by Crippen LogP contribution is -2.27. The first-order chi connectivity index (χ1) is 38.7. The van der Waals surface area contributed by atoms with Crippen LogP contribution in [0.1, 0.15) is 52.8 Å². The summed E-state index contributed by atoms with van der Waals surface area (Å²) in [5.74, 6) is 0. The van der Waals surface area contributed by atoms with Gasteiger partial charge in [0.15, 0.2) is 0 Å². The van der Waals surface area contributed by atoms with Gasteiger partial charge in [-0.05, 0) is 173 Å². The summed E-state index contributed by atoms with van der Waals surface area (Å²) in [6, 6.07) is 85.2. The van der Waals surface area contributed by atoms with Gasteiger partial charge in [0, 0.05) is 39.1 Å². The third kappa shape index (κ3) is 7.41. The van der Waals surface area contributed by atoms with Crippen molar-refractivity contribution in [1.82, 2.24) is 0 Å². The van der Waals surface area contributed by atoms with Gasteiger partial charge in [0.1, 0.15) is 11.2 Å². The number of furan rings is 1. The molecule has 0 radical (unpaired) electrons. The quantitative estimate of drug-likeness (QED) is 0.127. The summed E-state index contributed by atoms with van der Waals surface area (Å²) >= 11 is 0. The van der Waals surface area contributed by atoms with Crippen molar-refractivity contribution in [3.63, 3.8) is 0 Å². The van der Waals surface area contributed by atoms with E-state index in [0.717, 1.165) is 78.0 Å². The number of hydrogen-bond donors (Lipinski definition) is 0. The summed E-state index contributed by atoms with van der Waals surface area (Å²) < 4.78 is 7.48. The third-order valence-corrected chi connectivity index (χ3v) is 16.9. The molecule has 0 unspecified atom stereocenters. The maximum absolute atomic E-state index is 7.48. The zero-order valence-electron chi connectivity index (χ0n) is 45.2. The molecule has 0 bridgehead atoms. The molecule has 79 heavy (non-hydrogen) atoms. The largest absolute Gasteiger partial charge is 0.455 e. The van der Waals surface area contributed by atoms with Gasteiger partial charge in [-0.3, -0.25) is 0 Å². The number of para-hydroxylation sites is 1. The zero-order chi connectivity index (χ0) is 53.5. The highest BCUT2D eigenvalue weighted by Gasteiger charge is 2.54. The van der Waals surface area contributed by atoms with Gasteiger partial charge in [0.2, 0.25) is 0 Å². The highest BCUT2D eigenvalue weighted by atomic mass is 16.3. The average Bonchev–Trinajstić information content (AvgIpc) is 3.71. The summed E-state index contributed by atoms with van der Waals surface area (Å²) in [6.45, 7) is 15.7. The van der Waals surface area contributed by atoms with Crippen molar-refractivity contribution in [3.05, 3.63) is 306 Å². The molecule has 1 spiro atoms. The standard InChI is InChI=1S/C76H58N2O/c1-7-48(2)32-35-52(6)77(55-42-36-53(37-43-55)58-22-10-8-20-50(58)4)70-47-68-74(75-73(70)64-28-16-19-31-71(64)79-75)72-63-27-13-12-26-62(63)69(46-67(72)76(68)65-29-17-14-24-60(65)61-25-15-18-30-66(61)76)78(56-40-33-49(3)34-41-56)57-44-38-54(39-45-57)59-23-11-9-21-51(59)5/h7-47H,6H2,1-5H3/b35-32-,48-7-. The molecule has 0 fully saturated rings. The Labute approximate surface area is 463 Å². The van der Waals surface area contributed by atoms with E-state index in [9.17, 15) is 0 Å². The van der Waals surface area contributed by atoms with Crippen LogP contribution in [-0.4, -0.2) is 0 Å². The Bertz CT molecular complexity index is 4450. The lowest BCUT2D eigenvalue weighted by molar-refractivity contribution is 0.669. The van der Waals surface area contributed by atoms with E-state index in [0.29, 0.717) is 0 Å². The summed E-state index contributed by atoms with van der Waals surface area (Å²) in [5.41, 5.74) is 26.4. The van der Waals surface area contributed by atoms with Crippen molar-refractivity contribution < 1.29 is 4.42 Å². The molecule has 0 saturated carbocycles. The number of rotatable bonds is 10. The Hall–Kier alpha value is -9.70. The number of benzene rings is 11. The fraction of sp³-hybridized carbons (Fsp3) is 0.0789. The summed E-state index contributed by atoms with van der Waals surface area (Å²) in [7, 11) is 0. The van der Waals surface area contributed by atoms with Gasteiger partial charge in [-0.1, -0.05) is 206 Å². The fourth-order valence-electron chi connectivity index (χ4n) is 13.0. The predicted octanol–water partition coefficient (Wildman–Crippen LogP) is 21.0. The zero-order valence-corrected chi connectivity index (χ0v) is 45.2. The van der Waals surface area contributed by atoms with Crippen LogP contribution in [0.25, 0.3) is 77.2 Å². The minimum absolute atomic E-state index is 0.773. The highest BCUT2D eigenvalue weighted by Crippen LogP contribution is 2.67. The molecule has 1 aromatic heterocycles. The number of aryl methyl sites for hydroxylation is 3. The van der Waals surface area contributed by atoms with E-state index < -0.39 is 5.41 Å². The highest BCUT2D eigenvalue weighted by molar-refractivity contribution is 6.23. The van der Waals surface area contributed by atoms with Gasteiger partial charge < -0.3 is 14.2 Å². The van der Waals surface area contributed by atoms with Crippen LogP contribution in [0.2, 0.25) is 0 Å². The van der Waals surface area contributed by atoms with E-state index in [1.54, 1.807) is 0 Å². The maximum atomic E-state index is 7.48. The molecule has 12 aromatic rings. The maximum Gasteiger partial charge on any atom is 0.145 e. The van der Waals surface area contributed by atoms with E-state index in [4.69, 9.17) is 11.0 Å². The average molecular weight is 1020 g/mol. The van der Waals surface area contributed by atoms with E-state index >= 15 is 0 Å². The van der Waals surface area contributed by atoms with Crippen LogP contribution in [0.4, 0.5) is 28.4 Å². The molecule has 3 nitrogen and oxygen atoms in total. The number of fused-ring (bicyclic) bond motifs is 16. The molecule has 0 amide bonds. The van der Waals surface area contributed by atoms with E-state index in [1.807, 2.05) is 0 Å². The molecule has 14 rings (SSSR count). The van der Waals surface area contributed by atoms with Crippen molar-refractivity contribution in [1.29, 1.82) is 0 Å². The Balaban J connectivity index is 1.10. The Kier molecular flexibility index (Phi) is 11.4. The molecule has 378 valence electrons. The first kappa shape index (κ1) is 47.7. The number of nitrogens with zero attached hydrogens (tertiary/aromatic N) is 2. The molecular weight excluding hydrogens is 957 g/mol. The Morgan fingerprint density at radius 3 is 1.53 bits per heavy atom. The van der Waals surface area contributed by atoms with Crippen LogP contribution in [0.5, 0.6) is 0 Å². The molecule has 2 aliphatic carbocycles. The van der Waals surface area contributed by atoms with Crippen molar-refractivity contribution in [2.24, 2.45) is 0 Å². The van der Waals surface area contributed by atoms with E-state index in [1.165, 1.54) is 77.9 Å². The normalized spacial score (nSPS) is 13.1. The molecule has 11 aromatic carbocycles. The lowest BCUT2D eigenvalue weighted by Gasteiger charge is -2.34. The first-order valence-electron chi connectivity index (χ1n) is 27.5. The van der Waals surface area contributed by atoms with Gasteiger partial charge >= 0.3 is 0 Å². The SMILES string of the molecule is C=C(/C=C\C(C)=C/C)N(c1ccc(-c2ccccc2C)cc1)c1cc2c(c3oc4ccccc4c13)-c1c(cc(N(c3ccc(C)cc3)c3ccc(-c4ccccc4C)cc3)c3ccccc13)C21c2ccccc2-c2ccccc21. The van der Waals surface area contributed by atoms with Crippen LogP contribution in [0.15, 0.2) is 271 Å². The summed E-state index contributed by atoms with van der Waals surface area (Å²) in [4.78, 5) is 4.83. The molecule has 0 N–H and O–H groups in total. The van der Waals surface area contributed by atoms with Crippen LogP contribution >= 0.6 is 0 Å². The minimum Gasteiger partial charge on any atom is -0.455 e. The van der Waals surface area contributed by atoms with Gasteiger partial charge in [-0.15, -0.1) is 0 Å². The predicted molar refractivity (Wildman–Crippen MR) is 334 cm³/mol. The van der Waals surface area contributed by atoms with Gasteiger partial charge in [-0.25, -0.2) is 0 Å².